The largest absolute Gasteiger partial charge is 0.507 e. The summed E-state index contributed by atoms with van der Waals surface area (Å²) in [7, 11) is 0. The van der Waals surface area contributed by atoms with Crippen LogP contribution < -0.4 is 4.74 Å². The molecule has 28 heavy (non-hydrogen) atoms. The van der Waals surface area contributed by atoms with Gasteiger partial charge in [-0.1, -0.05) is 18.2 Å². The Balaban J connectivity index is 2.28. The third-order valence-corrected chi connectivity index (χ3v) is 3.67. The molecule has 10 heteroatoms. The standard InChI is InChI=1S/C18H12F6O4/c1-9(25)11-3-2-4-15(16(11)18(22,23)24)28-8-14(27)10-5-6-12(13(26)7-10)17(19,20)21/h2-7,26H,8H2,1H3. The first-order valence-electron chi connectivity index (χ1n) is 7.59. The molecule has 1 N–H and O–H groups in total. The molecule has 4 nitrogen and oxygen atoms in total. The number of hydrogen-bond acceptors (Lipinski definition) is 4. The Bertz CT molecular complexity index is 915. The van der Waals surface area contributed by atoms with Crippen molar-refractivity contribution in [1.82, 2.24) is 0 Å². The van der Waals surface area contributed by atoms with Crippen LogP contribution >= 0.6 is 0 Å². The van der Waals surface area contributed by atoms with E-state index < -0.39 is 58.7 Å². The topological polar surface area (TPSA) is 63.6 Å². The first kappa shape index (κ1) is 21.3. The van der Waals surface area contributed by atoms with Crippen LogP contribution in [-0.4, -0.2) is 23.3 Å². The fraction of sp³-hybridized carbons (Fsp3) is 0.222. The van der Waals surface area contributed by atoms with E-state index in [2.05, 4.69) is 0 Å². The van der Waals surface area contributed by atoms with Gasteiger partial charge in [-0.05, 0) is 25.1 Å². The molecule has 0 aliphatic heterocycles. The van der Waals surface area contributed by atoms with Gasteiger partial charge in [0, 0.05) is 11.1 Å². The van der Waals surface area contributed by atoms with Crippen LogP contribution in [0.1, 0.15) is 38.8 Å². The molecule has 0 heterocycles. The lowest BCUT2D eigenvalue weighted by atomic mass is 10.0. The maximum Gasteiger partial charge on any atom is 0.420 e. The van der Waals surface area contributed by atoms with Crippen LogP contribution in [0.15, 0.2) is 36.4 Å². The number of phenols is 1. The highest BCUT2D eigenvalue weighted by atomic mass is 19.4. The van der Waals surface area contributed by atoms with E-state index >= 15 is 0 Å². The van der Waals surface area contributed by atoms with Gasteiger partial charge in [-0.15, -0.1) is 0 Å². The third kappa shape index (κ3) is 4.62. The van der Waals surface area contributed by atoms with Gasteiger partial charge < -0.3 is 9.84 Å². The molecule has 0 fully saturated rings. The SMILES string of the molecule is CC(=O)c1cccc(OCC(=O)c2ccc(C(F)(F)F)c(O)c2)c1C(F)(F)F. The van der Waals surface area contributed by atoms with Gasteiger partial charge in [0.15, 0.2) is 18.2 Å². The molecule has 2 aromatic carbocycles. The predicted molar refractivity (Wildman–Crippen MR) is 84.4 cm³/mol. The molecule has 0 amide bonds. The van der Waals surface area contributed by atoms with E-state index in [0.29, 0.717) is 12.1 Å². The Labute approximate surface area is 154 Å². The minimum Gasteiger partial charge on any atom is -0.507 e. The lowest BCUT2D eigenvalue weighted by molar-refractivity contribution is -0.139. The first-order chi connectivity index (χ1) is 12.8. The lowest BCUT2D eigenvalue weighted by Gasteiger charge is -2.16. The number of ether oxygens (including phenoxy) is 1. The molecule has 0 bridgehead atoms. The Morgan fingerprint density at radius 3 is 2.14 bits per heavy atom. The second-order valence-electron chi connectivity index (χ2n) is 5.67. The highest BCUT2D eigenvalue weighted by Gasteiger charge is 2.38. The normalized spacial score (nSPS) is 12.0. The van der Waals surface area contributed by atoms with Crippen molar-refractivity contribution in [2.75, 3.05) is 6.61 Å². The molecule has 0 aliphatic rings. The summed E-state index contributed by atoms with van der Waals surface area (Å²) in [6, 6.07) is 4.78. The Morgan fingerprint density at radius 2 is 1.64 bits per heavy atom. The number of ketones is 2. The fourth-order valence-electron chi connectivity index (χ4n) is 2.41. The molecule has 150 valence electrons. The monoisotopic (exact) mass is 406 g/mol. The molecule has 0 saturated heterocycles. The lowest BCUT2D eigenvalue weighted by Crippen LogP contribution is -2.18. The summed E-state index contributed by atoms with van der Waals surface area (Å²) < 4.78 is 82.5. The van der Waals surface area contributed by atoms with Crippen LogP contribution in [0.4, 0.5) is 26.3 Å². The number of benzene rings is 2. The van der Waals surface area contributed by atoms with Crippen LogP contribution in [-0.2, 0) is 12.4 Å². The minimum atomic E-state index is -4.94. The number of carbonyl (C=O) groups excluding carboxylic acids is 2. The Kier molecular flexibility index (Phi) is 5.72. The second kappa shape index (κ2) is 7.53. The number of rotatable bonds is 5. The van der Waals surface area contributed by atoms with Gasteiger partial charge in [0.2, 0.25) is 0 Å². The van der Waals surface area contributed by atoms with Crippen molar-refractivity contribution in [3.05, 3.63) is 58.7 Å². The highest BCUT2D eigenvalue weighted by Crippen LogP contribution is 2.39. The Morgan fingerprint density at radius 1 is 1.00 bits per heavy atom. The van der Waals surface area contributed by atoms with Crippen LogP contribution in [0.25, 0.3) is 0 Å². The van der Waals surface area contributed by atoms with Crippen molar-refractivity contribution < 1.29 is 45.8 Å². The van der Waals surface area contributed by atoms with Gasteiger partial charge >= 0.3 is 12.4 Å². The molecule has 0 aliphatic carbocycles. The summed E-state index contributed by atoms with van der Waals surface area (Å²) in [5.41, 5.74) is -3.75. The molecule has 2 aromatic rings. The van der Waals surface area contributed by atoms with Crippen molar-refractivity contribution in [3.8, 4) is 11.5 Å². The number of aromatic hydroxyl groups is 1. The zero-order valence-corrected chi connectivity index (χ0v) is 14.1. The zero-order chi connectivity index (χ0) is 21.3. The summed E-state index contributed by atoms with van der Waals surface area (Å²) in [6.45, 7) is -0.0142. The molecule has 0 atom stereocenters. The third-order valence-electron chi connectivity index (χ3n) is 3.67. The zero-order valence-electron chi connectivity index (χ0n) is 14.1. The average Bonchev–Trinajstić information content (AvgIpc) is 2.57. The Hall–Kier alpha value is -3.04. The van der Waals surface area contributed by atoms with E-state index in [9.17, 15) is 41.0 Å². The summed E-state index contributed by atoms with van der Waals surface area (Å²) in [4.78, 5) is 23.5. The molecule has 0 unspecified atom stereocenters. The van der Waals surface area contributed by atoms with Crippen LogP contribution in [0.5, 0.6) is 11.5 Å². The van der Waals surface area contributed by atoms with Crippen molar-refractivity contribution in [2.45, 2.75) is 19.3 Å². The smallest absolute Gasteiger partial charge is 0.420 e. The van der Waals surface area contributed by atoms with Crippen molar-refractivity contribution >= 4 is 11.6 Å². The fourth-order valence-corrected chi connectivity index (χ4v) is 2.41. The number of Topliss-reactive ketones (excluding diaryl/α,β-unsaturated/α-hetero) is 2. The van der Waals surface area contributed by atoms with Gasteiger partial charge in [0.25, 0.3) is 0 Å². The summed E-state index contributed by atoms with van der Waals surface area (Å²) >= 11 is 0. The molecular weight excluding hydrogens is 394 g/mol. The highest BCUT2D eigenvalue weighted by molar-refractivity contribution is 5.98. The van der Waals surface area contributed by atoms with E-state index in [1.165, 1.54) is 0 Å². The maximum absolute atomic E-state index is 13.3. The summed E-state index contributed by atoms with van der Waals surface area (Å²) in [5.74, 6) is -3.81. The van der Waals surface area contributed by atoms with Crippen molar-refractivity contribution in [2.24, 2.45) is 0 Å². The number of halogens is 6. The van der Waals surface area contributed by atoms with Gasteiger partial charge in [0.1, 0.15) is 17.1 Å². The van der Waals surface area contributed by atoms with E-state index in [4.69, 9.17) is 4.74 Å². The van der Waals surface area contributed by atoms with E-state index in [1.807, 2.05) is 0 Å². The summed E-state index contributed by atoms with van der Waals surface area (Å²) in [6.07, 6.45) is -9.77. The summed E-state index contributed by atoms with van der Waals surface area (Å²) in [5, 5.41) is 9.41. The van der Waals surface area contributed by atoms with Gasteiger partial charge in [-0.3, -0.25) is 9.59 Å². The van der Waals surface area contributed by atoms with Crippen LogP contribution in [0, 0.1) is 0 Å². The van der Waals surface area contributed by atoms with E-state index in [-0.39, 0.29) is 5.56 Å². The maximum atomic E-state index is 13.3. The minimum absolute atomic E-state index is 0.387. The first-order valence-corrected chi connectivity index (χ1v) is 7.59. The molecular formula is C18H12F6O4. The van der Waals surface area contributed by atoms with Crippen molar-refractivity contribution in [1.29, 1.82) is 0 Å². The number of hydrogen-bond donors (Lipinski definition) is 1. The molecule has 0 radical (unpaired) electrons. The second-order valence-corrected chi connectivity index (χ2v) is 5.67. The molecule has 0 saturated carbocycles. The number of carbonyl (C=O) groups is 2. The van der Waals surface area contributed by atoms with Crippen molar-refractivity contribution in [3.63, 3.8) is 0 Å². The van der Waals surface area contributed by atoms with Gasteiger partial charge in [-0.25, -0.2) is 0 Å². The molecule has 0 spiro atoms. The van der Waals surface area contributed by atoms with Crippen LogP contribution in [0.3, 0.4) is 0 Å². The number of phenolic OH excluding ortho intramolecular Hbond substituents is 1. The number of alkyl halides is 6. The van der Waals surface area contributed by atoms with E-state index in [0.717, 1.165) is 31.2 Å². The predicted octanol–water partition coefficient (Wildman–Crippen LogP) is 4.89. The quantitative estimate of drug-likeness (QED) is 0.567. The van der Waals surface area contributed by atoms with E-state index in [1.54, 1.807) is 0 Å². The van der Waals surface area contributed by atoms with Gasteiger partial charge in [0.05, 0.1) is 5.56 Å². The molecule has 2 rings (SSSR count). The average molecular weight is 406 g/mol. The van der Waals surface area contributed by atoms with Gasteiger partial charge in [-0.2, -0.15) is 26.3 Å². The van der Waals surface area contributed by atoms with Crippen LogP contribution in [0.2, 0.25) is 0 Å². The molecule has 0 aromatic heterocycles.